The van der Waals surface area contributed by atoms with Crippen molar-refractivity contribution in [2.24, 2.45) is 0 Å². The molecule has 0 saturated carbocycles. The van der Waals surface area contributed by atoms with Crippen molar-refractivity contribution in [3.8, 4) is 0 Å². The van der Waals surface area contributed by atoms with Gasteiger partial charge in [-0.05, 0) is 31.0 Å². The number of amidine groups is 1. The van der Waals surface area contributed by atoms with Crippen molar-refractivity contribution < 1.29 is 13.9 Å². The number of nitrogens with one attached hydrogen (secondary N) is 1. The fraction of sp³-hybridized carbons (Fsp3) is 0.429. The molecule has 2 rings (SSSR count). The number of benzene rings is 1. The summed E-state index contributed by atoms with van der Waals surface area (Å²) < 4.78 is 18.0. The van der Waals surface area contributed by atoms with Gasteiger partial charge >= 0.3 is 5.97 Å². The molecule has 0 unspecified atom stereocenters. The Hall–Kier alpha value is -1.91. The number of carbonyl (C=O) groups excluding carboxylic acids is 1. The fourth-order valence-electron chi connectivity index (χ4n) is 2.20. The van der Waals surface area contributed by atoms with Gasteiger partial charge in [-0.3, -0.25) is 10.2 Å². The summed E-state index contributed by atoms with van der Waals surface area (Å²) in [5, 5.41) is 7.99. The Morgan fingerprint density at radius 1 is 1.53 bits per heavy atom. The number of hydrogen-bond acceptors (Lipinski definition) is 3. The molecule has 0 aromatic heterocycles. The molecule has 0 bridgehead atoms. The second kappa shape index (κ2) is 5.82. The van der Waals surface area contributed by atoms with Gasteiger partial charge in [0, 0.05) is 25.1 Å². The minimum atomic E-state index is -0.322. The maximum absolute atomic E-state index is 13.1. The van der Waals surface area contributed by atoms with Crippen molar-refractivity contribution in [2.75, 3.05) is 13.2 Å². The first-order valence-corrected chi connectivity index (χ1v) is 6.39. The molecule has 0 atom stereocenters. The first-order chi connectivity index (χ1) is 9.11. The van der Waals surface area contributed by atoms with Gasteiger partial charge in [0.2, 0.25) is 0 Å². The van der Waals surface area contributed by atoms with Crippen LogP contribution in [0.3, 0.4) is 0 Å². The average Bonchev–Trinajstić information content (AvgIpc) is 2.67. The summed E-state index contributed by atoms with van der Waals surface area (Å²) in [5.74, 6) is -0.202. The highest BCUT2D eigenvalue weighted by molar-refractivity contribution is 6.00. The first-order valence-electron chi connectivity index (χ1n) is 6.39. The molecule has 1 aromatic rings. The van der Waals surface area contributed by atoms with Gasteiger partial charge in [0.05, 0.1) is 6.61 Å². The van der Waals surface area contributed by atoms with Crippen LogP contribution >= 0.6 is 0 Å². The molecule has 0 spiro atoms. The number of hydrogen-bond donors (Lipinski definition) is 1. The van der Waals surface area contributed by atoms with Gasteiger partial charge in [-0.25, -0.2) is 4.39 Å². The van der Waals surface area contributed by atoms with Crippen molar-refractivity contribution in [1.29, 1.82) is 5.41 Å². The Labute approximate surface area is 111 Å². The van der Waals surface area contributed by atoms with Crippen LogP contribution in [0.15, 0.2) is 18.2 Å². The average molecular weight is 264 g/mol. The maximum atomic E-state index is 13.1. The molecule has 1 N–H and O–H groups in total. The third-order valence-corrected chi connectivity index (χ3v) is 3.12. The minimum absolute atomic E-state index is 0.211. The smallest absolute Gasteiger partial charge is 0.305 e. The number of nitrogens with zero attached hydrogens (tertiary/aromatic N) is 1. The number of halogens is 1. The summed E-state index contributed by atoms with van der Waals surface area (Å²) in [4.78, 5) is 13.1. The topological polar surface area (TPSA) is 53.4 Å². The van der Waals surface area contributed by atoms with Crippen LogP contribution in [-0.4, -0.2) is 29.9 Å². The van der Waals surface area contributed by atoms with Crippen molar-refractivity contribution in [3.63, 3.8) is 0 Å². The predicted molar refractivity (Wildman–Crippen MR) is 69.5 cm³/mol. The highest BCUT2D eigenvalue weighted by atomic mass is 19.1. The Kier molecular flexibility index (Phi) is 4.14. The van der Waals surface area contributed by atoms with Crippen LogP contribution in [0.1, 0.15) is 30.9 Å². The van der Waals surface area contributed by atoms with Crippen molar-refractivity contribution in [1.82, 2.24) is 4.90 Å². The molecule has 102 valence electrons. The van der Waals surface area contributed by atoms with Gasteiger partial charge in [-0.1, -0.05) is 6.07 Å². The van der Waals surface area contributed by atoms with Gasteiger partial charge in [-0.15, -0.1) is 0 Å². The van der Waals surface area contributed by atoms with Crippen LogP contribution in [0.2, 0.25) is 0 Å². The normalized spacial score (nSPS) is 13.6. The largest absolute Gasteiger partial charge is 0.466 e. The molecule has 0 amide bonds. The Morgan fingerprint density at radius 3 is 3.05 bits per heavy atom. The van der Waals surface area contributed by atoms with Gasteiger partial charge in [0.25, 0.3) is 0 Å². The summed E-state index contributed by atoms with van der Waals surface area (Å²) >= 11 is 0. The van der Waals surface area contributed by atoms with Crippen molar-refractivity contribution >= 4 is 11.8 Å². The summed E-state index contributed by atoms with van der Waals surface area (Å²) in [6.07, 6.45) is 0.986. The number of carbonyl (C=O) groups is 1. The van der Waals surface area contributed by atoms with Crippen molar-refractivity contribution in [2.45, 2.75) is 26.3 Å². The molecule has 0 radical (unpaired) electrons. The molecule has 19 heavy (non-hydrogen) atoms. The van der Waals surface area contributed by atoms with E-state index in [0.717, 1.165) is 5.56 Å². The molecule has 1 heterocycles. The van der Waals surface area contributed by atoms with E-state index in [1.807, 2.05) is 4.90 Å². The zero-order valence-corrected chi connectivity index (χ0v) is 10.9. The lowest BCUT2D eigenvalue weighted by Crippen LogP contribution is -2.25. The number of esters is 1. The lowest BCUT2D eigenvalue weighted by atomic mass is 10.1. The third-order valence-electron chi connectivity index (χ3n) is 3.12. The van der Waals surface area contributed by atoms with E-state index in [1.54, 1.807) is 13.0 Å². The van der Waals surface area contributed by atoms with Crippen LogP contribution in [0, 0.1) is 11.2 Å². The van der Waals surface area contributed by atoms with Gasteiger partial charge in [0.15, 0.2) is 0 Å². The second-order valence-corrected chi connectivity index (χ2v) is 4.48. The highest BCUT2D eigenvalue weighted by Crippen LogP contribution is 2.23. The van der Waals surface area contributed by atoms with Crippen LogP contribution < -0.4 is 0 Å². The maximum Gasteiger partial charge on any atom is 0.305 e. The van der Waals surface area contributed by atoms with Crippen LogP contribution in [0.5, 0.6) is 0 Å². The van der Waals surface area contributed by atoms with Gasteiger partial charge < -0.3 is 9.64 Å². The molecular formula is C14H17FN2O2. The monoisotopic (exact) mass is 264 g/mol. The number of fused-ring (bicyclic) bond motifs is 1. The third kappa shape index (κ3) is 3.10. The van der Waals surface area contributed by atoms with E-state index >= 15 is 0 Å². The Balaban J connectivity index is 1.88. The summed E-state index contributed by atoms with van der Waals surface area (Å²) in [5.41, 5.74) is 1.61. The molecule has 4 nitrogen and oxygen atoms in total. The standard InChI is InChI=1S/C14H17FN2O2/c1-2-19-13(18)4-3-7-17-9-10-5-6-11(15)8-12(10)14(17)16/h5-6,8,16H,2-4,7,9H2,1H3. The molecule has 0 fully saturated rings. The van der Waals surface area contributed by atoms with Crippen LogP contribution in [0.25, 0.3) is 0 Å². The van der Waals surface area contributed by atoms with E-state index in [0.29, 0.717) is 43.9 Å². The van der Waals surface area contributed by atoms with E-state index < -0.39 is 0 Å². The predicted octanol–water partition coefficient (Wildman–Crippen LogP) is 2.31. The zero-order chi connectivity index (χ0) is 13.8. The fourth-order valence-corrected chi connectivity index (χ4v) is 2.20. The Morgan fingerprint density at radius 2 is 2.32 bits per heavy atom. The minimum Gasteiger partial charge on any atom is -0.466 e. The van der Waals surface area contributed by atoms with E-state index in [9.17, 15) is 9.18 Å². The van der Waals surface area contributed by atoms with Gasteiger partial charge in [-0.2, -0.15) is 0 Å². The van der Waals surface area contributed by atoms with E-state index in [-0.39, 0.29) is 11.8 Å². The molecule has 0 aliphatic carbocycles. The summed E-state index contributed by atoms with van der Waals surface area (Å²) in [7, 11) is 0. The van der Waals surface area contributed by atoms with E-state index in [4.69, 9.17) is 10.1 Å². The lowest BCUT2D eigenvalue weighted by Gasteiger charge is -2.17. The molecule has 5 heteroatoms. The van der Waals surface area contributed by atoms with Gasteiger partial charge in [0.1, 0.15) is 11.7 Å². The first kappa shape index (κ1) is 13.5. The highest BCUT2D eigenvalue weighted by Gasteiger charge is 2.24. The lowest BCUT2D eigenvalue weighted by molar-refractivity contribution is -0.143. The van der Waals surface area contributed by atoms with Crippen LogP contribution in [0.4, 0.5) is 4.39 Å². The summed E-state index contributed by atoms with van der Waals surface area (Å²) in [6.45, 7) is 3.38. The second-order valence-electron chi connectivity index (χ2n) is 4.48. The molecule has 0 saturated heterocycles. The zero-order valence-electron chi connectivity index (χ0n) is 10.9. The summed E-state index contributed by atoms with van der Waals surface area (Å²) in [6, 6.07) is 4.52. The quantitative estimate of drug-likeness (QED) is 0.830. The number of rotatable bonds is 5. The van der Waals surface area contributed by atoms with Crippen molar-refractivity contribution in [3.05, 3.63) is 35.1 Å². The SMILES string of the molecule is CCOC(=O)CCCN1Cc2ccc(F)cc2C1=N. The number of ether oxygens (including phenoxy) is 1. The Bertz CT molecular complexity index is 502. The molecule has 1 aliphatic rings. The van der Waals surface area contributed by atoms with Crippen LogP contribution in [-0.2, 0) is 16.1 Å². The molecule has 1 aromatic carbocycles. The molecule has 1 aliphatic heterocycles. The van der Waals surface area contributed by atoms with E-state index in [2.05, 4.69) is 0 Å². The van der Waals surface area contributed by atoms with E-state index in [1.165, 1.54) is 12.1 Å². The molecular weight excluding hydrogens is 247 g/mol.